The van der Waals surface area contributed by atoms with Gasteiger partial charge in [-0.05, 0) is 47.9 Å². The lowest BCUT2D eigenvalue weighted by atomic mass is 9.97. The van der Waals surface area contributed by atoms with E-state index in [4.69, 9.17) is 9.47 Å². The lowest BCUT2D eigenvalue weighted by Gasteiger charge is -2.34. The first-order valence-electron chi connectivity index (χ1n) is 10.5. The van der Waals surface area contributed by atoms with Gasteiger partial charge in [-0.2, -0.15) is 0 Å². The molecule has 3 aromatic carbocycles. The predicted octanol–water partition coefficient (Wildman–Crippen LogP) is 4.95. The molecule has 0 fully saturated rings. The molecule has 0 saturated carbocycles. The van der Waals surface area contributed by atoms with Gasteiger partial charge in [-0.3, -0.25) is 5.32 Å². The maximum Gasteiger partial charge on any atom is 0.125 e. The van der Waals surface area contributed by atoms with E-state index in [2.05, 4.69) is 47.9 Å². The van der Waals surface area contributed by atoms with Crippen LogP contribution in [-0.2, 0) is 6.42 Å². The lowest BCUT2D eigenvalue weighted by molar-refractivity contribution is 0.372. The minimum absolute atomic E-state index is 0.191. The van der Waals surface area contributed by atoms with E-state index in [1.807, 2.05) is 36.4 Å². The highest BCUT2D eigenvalue weighted by Gasteiger charge is 2.27. The van der Waals surface area contributed by atoms with Crippen LogP contribution in [0.3, 0.4) is 0 Å². The number of nitrogens with one attached hydrogen (secondary N) is 2. The molecule has 0 spiro atoms. The number of hydrogen-bond donors (Lipinski definition) is 3. The topological polar surface area (TPSA) is 62.8 Å². The lowest BCUT2D eigenvalue weighted by Crippen LogP contribution is -2.39. The van der Waals surface area contributed by atoms with Gasteiger partial charge in [0, 0.05) is 16.8 Å². The van der Waals surface area contributed by atoms with Crippen LogP contribution in [-0.4, -0.2) is 19.3 Å². The van der Waals surface area contributed by atoms with Crippen molar-refractivity contribution >= 4 is 5.70 Å². The van der Waals surface area contributed by atoms with E-state index in [1.165, 1.54) is 5.56 Å². The van der Waals surface area contributed by atoms with Crippen molar-refractivity contribution in [1.29, 1.82) is 0 Å². The van der Waals surface area contributed by atoms with Crippen LogP contribution in [0.5, 0.6) is 17.2 Å². The summed E-state index contributed by atoms with van der Waals surface area (Å²) in [6.07, 6.45) is 2.86. The molecule has 0 bridgehead atoms. The first kappa shape index (κ1) is 20.8. The Kier molecular flexibility index (Phi) is 6.14. The van der Waals surface area contributed by atoms with Gasteiger partial charge >= 0.3 is 0 Å². The van der Waals surface area contributed by atoms with Crippen LogP contribution in [0.4, 0.5) is 0 Å². The predicted molar refractivity (Wildman–Crippen MR) is 123 cm³/mol. The number of rotatable bonds is 6. The molecule has 160 valence electrons. The van der Waals surface area contributed by atoms with Crippen LogP contribution in [0.1, 0.15) is 41.4 Å². The summed E-state index contributed by atoms with van der Waals surface area (Å²) in [7, 11) is 3.31. The van der Waals surface area contributed by atoms with Crippen LogP contribution in [0.25, 0.3) is 5.70 Å². The Morgan fingerprint density at radius 2 is 1.68 bits per heavy atom. The highest BCUT2D eigenvalue weighted by Crippen LogP contribution is 2.36. The number of phenols is 1. The zero-order valence-corrected chi connectivity index (χ0v) is 18.1. The Hall–Kier alpha value is -3.44. The smallest absolute Gasteiger partial charge is 0.125 e. The summed E-state index contributed by atoms with van der Waals surface area (Å²) in [6, 6.07) is 21.5. The van der Waals surface area contributed by atoms with Crippen LogP contribution in [0.15, 0.2) is 72.8 Å². The number of para-hydroxylation sites is 1. The zero-order chi connectivity index (χ0) is 21.8. The van der Waals surface area contributed by atoms with Crippen molar-refractivity contribution in [2.45, 2.75) is 25.6 Å². The fourth-order valence-corrected chi connectivity index (χ4v) is 3.90. The van der Waals surface area contributed by atoms with Crippen LogP contribution >= 0.6 is 0 Å². The molecule has 3 N–H and O–H groups in total. The molecule has 3 aromatic rings. The summed E-state index contributed by atoms with van der Waals surface area (Å²) in [5.41, 5.74) is 5.12. The van der Waals surface area contributed by atoms with Gasteiger partial charge in [0.2, 0.25) is 0 Å². The van der Waals surface area contributed by atoms with Gasteiger partial charge < -0.3 is 19.9 Å². The maximum atomic E-state index is 10.5. The molecular formula is C26H28N2O3. The fraction of sp³-hybridized carbons (Fsp3) is 0.231. The average Bonchev–Trinajstić information content (AvgIpc) is 2.83. The summed E-state index contributed by atoms with van der Waals surface area (Å²) in [6.45, 7) is 2.15. The molecule has 0 aliphatic carbocycles. The first-order chi connectivity index (χ1) is 15.1. The van der Waals surface area contributed by atoms with Gasteiger partial charge in [-0.1, -0.05) is 49.4 Å². The molecule has 1 heterocycles. The zero-order valence-electron chi connectivity index (χ0n) is 18.1. The Bertz CT molecular complexity index is 1080. The number of aromatic hydroxyl groups is 1. The van der Waals surface area contributed by atoms with E-state index in [1.54, 1.807) is 20.3 Å². The fourth-order valence-electron chi connectivity index (χ4n) is 3.90. The SMILES string of the molecule is CCc1ccc(C2=CC(c3ccccc3O)NC(c3cc(OC)ccc3OC)N2)cc1. The number of aryl methyl sites for hydroxylation is 1. The first-order valence-corrected chi connectivity index (χ1v) is 10.5. The Morgan fingerprint density at radius 1 is 0.903 bits per heavy atom. The molecule has 31 heavy (non-hydrogen) atoms. The Morgan fingerprint density at radius 3 is 2.35 bits per heavy atom. The largest absolute Gasteiger partial charge is 0.508 e. The van der Waals surface area contributed by atoms with Crippen molar-refractivity contribution in [3.63, 3.8) is 0 Å². The number of benzene rings is 3. The summed E-state index contributed by atoms with van der Waals surface area (Å²) in [5.74, 6) is 1.77. The van der Waals surface area contributed by atoms with E-state index in [0.29, 0.717) is 0 Å². The van der Waals surface area contributed by atoms with E-state index in [-0.39, 0.29) is 18.0 Å². The van der Waals surface area contributed by atoms with Crippen molar-refractivity contribution in [3.05, 3.63) is 95.1 Å². The second-order valence-electron chi connectivity index (χ2n) is 7.52. The third kappa shape index (κ3) is 4.37. The third-order valence-electron chi connectivity index (χ3n) is 5.67. The molecule has 4 rings (SSSR count). The summed E-state index contributed by atoms with van der Waals surface area (Å²) in [4.78, 5) is 0. The van der Waals surface area contributed by atoms with Gasteiger partial charge in [-0.15, -0.1) is 0 Å². The molecule has 2 unspecified atom stereocenters. The van der Waals surface area contributed by atoms with E-state index in [9.17, 15) is 5.11 Å². The van der Waals surface area contributed by atoms with Crippen LogP contribution in [0, 0.1) is 0 Å². The van der Waals surface area contributed by atoms with Crippen LogP contribution in [0.2, 0.25) is 0 Å². The van der Waals surface area contributed by atoms with E-state index < -0.39 is 0 Å². The molecular weight excluding hydrogens is 388 g/mol. The Labute approximate surface area is 183 Å². The molecule has 0 saturated heterocycles. The average molecular weight is 417 g/mol. The molecule has 1 aliphatic heterocycles. The standard InChI is InChI=1S/C26H28N2O3/c1-4-17-9-11-18(12-10-17)22-16-23(20-7-5-6-8-24(20)29)28-26(27-22)21-15-19(30-2)13-14-25(21)31-3/h5-16,23,26-29H,4H2,1-3H3. The van der Waals surface area contributed by atoms with Crippen molar-refractivity contribution in [3.8, 4) is 17.2 Å². The number of phenolic OH excluding ortho intramolecular Hbond substituents is 1. The second-order valence-corrected chi connectivity index (χ2v) is 7.52. The summed E-state index contributed by atoms with van der Waals surface area (Å²) < 4.78 is 11.1. The van der Waals surface area contributed by atoms with E-state index >= 15 is 0 Å². The minimum atomic E-state index is -0.250. The van der Waals surface area contributed by atoms with Crippen molar-refractivity contribution in [2.24, 2.45) is 0 Å². The van der Waals surface area contributed by atoms with E-state index in [0.717, 1.165) is 40.3 Å². The highest BCUT2D eigenvalue weighted by molar-refractivity contribution is 5.67. The molecule has 1 aliphatic rings. The summed E-state index contributed by atoms with van der Waals surface area (Å²) >= 11 is 0. The molecule has 5 heteroatoms. The van der Waals surface area contributed by atoms with Gasteiger partial charge in [-0.25, -0.2) is 0 Å². The second kappa shape index (κ2) is 9.14. The molecule has 0 radical (unpaired) electrons. The molecule has 0 amide bonds. The third-order valence-corrected chi connectivity index (χ3v) is 5.67. The molecule has 5 nitrogen and oxygen atoms in total. The highest BCUT2D eigenvalue weighted by atomic mass is 16.5. The Balaban J connectivity index is 1.78. The van der Waals surface area contributed by atoms with Gasteiger partial charge in [0.05, 0.1) is 20.3 Å². The van der Waals surface area contributed by atoms with Crippen molar-refractivity contribution in [1.82, 2.24) is 10.6 Å². The number of ether oxygens (including phenoxy) is 2. The number of methoxy groups -OCH3 is 2. The summed E-state index contributed by atoms with van der Waals surface area (Å²) in [5, 5.41) is 17.7. The van der Waals surface area contributed by atoms with Gasteiger partial charge in [0.15, 0.2) is 0 Å². The normalized spacial score (nSPS) is 18.1. The van der Waals surface area contributed by atoms with Crippen molar-refractivity contribution in [2.75, 3.05) is 14.2 Å². The van der Waals surface area contributed by atoms with Crippen LogP contribution < -0.4 is 20.1 Å². The van der Waals surface area contributed by atoms with Crippen molar-refractivity contribution < 1.29 is 14.6 Å². The quantitative estimate of drug-likeness (QED) is 0.531. The number of hydrogen-bond acceptors (Lipinski definition) is 5. The minimum Gasteiger partial charge on any atom is -0.508 e. The van der Waals surface area contributed by atoms with Gasteiger partial charge in [0.25, 0.3) is 0 Å². The molecule has 2 atom stereocenters. The molecule has 0 aromatic heterocycles. The maximum absolute atomic E-state index is 10.5. The van der Waals surface area contributed by atoms with Gasteiger partial charge in [0.1, 0.15) is 23.4 Å². The monoisotopic (exact) mass is 416 g/mol.